The van der Waals surface area contributed by atoms with Gasteiger partial charge in [0.25, 0.3) is 0 Å². The van der Waals surface area contributed by atoms with Gasteiger partial charge in [0, 0.05) is 19.8 Å². The summed E-state index contributed by atoms with van der Waals surface area (Å²) in [6.45, 7) is 6.98. The van der Waals surface area contributed by atoms with Crippen molar-refractivity contribution in [1.82, 2.24) is 0 Å². The Kier molecular flexibility index (Phi) is 12.7. The number of rotatable bonds is 15. The Morgan fingerprint density at radius 3 is 1.50 bits per heavy atom. The van der Waals surface area contributed by atoms with Crippen LogP contribution < -0.4 is 8.48 Å². The van der Waals surface area contributed by atoms with Crippen LogP contribution >= 0.6 is 0 Å². The molecule has 3 heteroatoms. The Morgan fingerprint density at radius 2 is 1.12 bits per heavy atom. The molecule has 0 amide bonds. The molecular weight excluding hydrogens is 521 g/mol. The molecular formula is C31H45NOSn. The van der Waals surface area contributed by atoms with E-state index in [1.54, 1.807) is 15.7 Å². The fourth-order valence-electron chi connectivity index (χ4n) is 4.60. The molecule has 0 heterocycles. The molecule has 0 atom stereocenters. The quantitative estimate of drug-likeness (QED) is 0.160. The van der Waals surface area contributed by atoms with Crippen LogP contribution in [-0.4, -0.2) is 38.3 Å². The maximum atomic E-state index is 12.4. The number of anilines is 1. The van der Waals surface area contributed by atoms with Gasteiger partial charge in [-0.15, -0.1) is 0 Å². The van der Waals surface area contributed by atoms with Crippen molar-refractivity contribution in [1.29, 1.82) is 0 Å². The van der Waals surface area contributed by atoms with Crippen molar-refractivity contribution >= 4 is 45.6 Å². The van der Waals surface area contributed by atoms with Gasteiger partial charge in [0.1, 0.15) is 0 Å². The van der Waals surface area contributed by atoms with E-state index in [0.717, 1.165) is 16.8 Å². The first kappa shape index (κ1) is 28.4. The Hall–Kier alpha value is -1.81. The second-order valence-electron chi connectivity index (χ2n) is 9.77. The first-order chi connectivity index (χ1) is 16.4. The molecule has 0 saturated heterocycles. The first-order valence-corrected chi connectivity index (χ1v) is 20.7. The fraction of sp³-hybridized carbons (Fsp3) is 0.452. The van der Waals surface area contributed by atoms with E-state index in [2.05, 4.69) is 62.1 Å². The van der Waals surface area contributed by atoms with Crippen molar-refractivity contribution in [3.8, 4) is 0 Å². The van der Waals surface area contributed by atoms with Gasteiger partial charge in [0.05, 0.1) is 0 Å². The molecule has 0 aliphatic carbocycles. The summed E-state index contributed by atoms with van der Waals surface area (Å²) in [6.07, 6.45) is 15.2. The summed E-state index contributed by atoms with van der Waals surface area (Å²) in [4.78, 5) is 14.4. The van der Waals surface area contributed by atoms with Crippen molar-refractivity contribution in [2.45, 2.75) is 72.6 Å². The molecule has 0 N–H and O–H groups in total. The van der Waals surface area contributed by atoms with E-state index in [1.807, 2.05) is 38.4 Å². The number of carbonyl (C=O) groups excluding carboxylic acids is 1. The van der Waals surface area contributed by atoms with Gasteiger partial charge in [-0.05, 0) is 0 Å². The monoisotopic (exact) mass is 567 g/mol. The number of nitrogens with zero attached hydrogens (tertiary/aromatic N) is 1. The third-order valence-corrected chi connectivity index (χ3v) is 22.5. The maximum absolute atomic E-state index is 12.4. The molecule has 2 rings (SSSR count). The van der Waals surface area contributed by atoms with Crippen LogP contribution in [0.1, 0.15) is 70.4 Å². The molecule has 0 fully saturated rings. The zero-order chi connectivity index (χ0) is 24.8. The van der Waals surface area contributed by atoms with Gasteiger partial charge in [-0.25, -0.2) is 0 Å². The summed E-state index contributed by atoms with van der Waals surface area (Å²) in [5, 5.41) is 0. The van der Waals surface area contributed by atoms with Crippen LogP contribution in [0.15, 0.2) is 60.7 Å². The molecule has 0 aliphatic heterocycles. The second-order valence-corrected chi connectivity index (χ2v) is 23.0. The fourth-order valence-corrected chi connectivity index (χ4v) is 20.5. The summed E-state index contributed by atoms with van der Waals surface area (Å²) in [7, 11) is 4.05. The van der Waals surface area contributed by atoms with E-state index >= 15 is 0 Å². The number of benzene rings is 2. The minimum atomic E-state index is -2.37. The van der Waals surface area contributed by atoms with Crippen LogP contribution in [0.3, 0.4) is 0 Å². The topological polar surface area (TPSA) is 20.3 Å². The van der Waals surface area contributed by atoms with Gasteiger partial charge in [-0.3, -0.25) is 0 Å². The molecule has 34 heavy (non-hydrogen) atoms. The number of ketones is 1. The third-order valence-electron chi connectivity index (χ3n) is 6.84. The second kappa shape index (κ2) is 15.2. The molecule has 0 bridgehead atoms. The normalized spacial score (nSPS) is 12.0. The Labute approximate surface area is 213 Å². The molecule has 0 radical (unpaired) electrons. The van der Waals surface area contributed by atoms with Gasteiger partial charge in [-0.1, -0.05) is 0 Å². The number of hydrogen-bond acceptors (Lipinski definition) is 2. The van der Waals surface area contributed by atoms with E-state index < -0.39 is 18.4 Å². The van der Waals surface area contributed by atoms with Crippen LogP contribution in [0.5, 0.6) is 0 Å². The standard InChI is InChI=1S/C19H18NO.3C4H9.Sn/c1-20(2)18-12-8-17(9-13-18)11-15-19(21)14-10-16-6-4-3-5-7-16;3*1-3-4-2;/h4-15H,1-2H3;3*1,3-4H2,2H3;/b14-10+,15-11+;;;;. The molecule has 184 valence electrons. The van der Waals surface area contributed by atoms with Crippen LogP contribution in [0.25, 0.3) is 12.2 Å². The van der Waals surface area contributed by atoms with E-state index in [1.165, 1.54) is 51.8 Å². The van der Waals surface area contributed by atoms with Crippen molar-refractivity contribution in [3.05, 3.63) is 71.8 Å². The number of hydrogen-bond donors (Lipinski definition) is 0. The van der Waals surface area contributed by atoms with Crippen molar-refractivity contribution < 1.29 is 4.79 Å². The van der Waals surface area contributed by atoms with E-state index in [9.17, 15) is 4.79 Å². The number of unbranched alkanes of at least 4 members (excludes halogenated alkanes) is 3. The summed E-state index contributed by atoms with van der Waals surface area (Å²) in [5.74, 6) is 0.0168. The molecule has 2 nitrogen and oxygen atoms in total. The Morgan fingerprint density at radius 1 is 0.706 bits per heavy atom. The predicted octanol–water partition coefficient (Wildman–Crippen LogP) is 8.10. The van der Waals surface area contributed by atoms with Crippen molar-refractivity contribution in [2.75, 3.05) is 19.0 Å². The summed E-state index contributed by atoms with van der Waals surface area (Å²) in [5.41, 5.74) is 3.30. The molecule has 0 spiro atoms. The zero-order valence-corrected chi connectivity index (χ0v) is 25.0. The summed E-state index contributed by atoms with van der Waals surface area (Å²) < 4.78 is 6.14. The van der Waals surface area contributed by atoms with Crippen LogP contribution in [0, 0.1) is 0 Å². The van der Waals surface area contributed by atoms with E-state index in [-0.39, 0.29) is 5.78 Å². The third kappa shape index (κ3) is 9.09. The van der Waals surface area contributed by atoms with Gasteiger partial charge in [0.15, 0.2) is 0 Å². The summed E-state index contributed by atoms with van der Waals surface area (Å²) >= 11 is -2.37. The SMILES string of the molecule is CCC[CH2][Sn]([CH2]CCC)([CH2]CCC)[c]1ccc(/C=C/C(=O)/C=C/c2ccc(N(C)C)cc2)cc1. The van der Waals surface area contributed by atoms with Gasteiger partial charge in [0.2, 0.25) is 0 Å². The Bertz CT molecular complexity index is 888. The number of carbonyl (C=O) groups is 1. The zero-order valence-electron chi connectivity index (χ0n) is 22.1. The molecule has 2 aromatic carbocycles. The molecule has 0 aromatic heterocycles. The first-order valence-electron chi connectivity index (χ1n) is 13.2. The van der Waals surface area contributed by atoms with Crippen LogP contribution in [0.4, 0.5) is 5.69 Å². The predicted molar refractivity (Wildman–Crippen MR) is 155 cm³/mol. The van der Waals surface area contributed by atoms with Crippen LogP contribution in [0.2, 0.25) is 13.3 Å². The van der Waals surface area contributed by atoms with Crippen molar-refractivity contribution in [3.63, 3.8) is 0 Å². The van der Waals surface area contributed by atoms with Gasteiger partial charge in [-0.2, -0.15) is 0 Å². The Balaban J connectivity index is 2.09. The van der Waals surface area contributed by atoms with E-state index in [0.29, 0.717) is 0 Å². The van der Waals surface area contributed by atoms with Crippen LogP contribution in [-0.2, 0) is 4.79 Å². The minimum absolute atomic E-state index is 0.0168. The summed E-state index contributed by atoms with van der Waals surface area (Å²) in [6, 6.07) is 17.5. The molecule has 0 aliphatic rings. The van der Waals surface area contributed by atoms with E-state index in [4.69, 9.17) is 0 Å². The van der Waals surface area contributed by atoms with Gasteiger partial charge >= 0.3 is 189 Å². The van der Waals surface area contributed by atoms with Gasteiger partial charge < -0.3 is 4.90 Å². The molecule has 0 unspecified atom stereocenters. The molecule has 2 aromatic rings. The number of allylic oxidation sites excluding steroid dienone is 2. The average molecular weight is 566 g/mol. The molecule has 0 saturated carbocycles. The average Bonchev–Trinajstić information content (AvgIpc) is 2.86. The van der Waals surface area contributed by atoms with Crippen molar-refractivity contribution in [2.24, 2.45) is 0 Å².